The number of carbonyl (C=O) groups excluding carboxylic acids is 1. The summed E-state index contributed by atoms with van der Waals surface area (Å²) < 4.78 is 5.34. The lowest BCUT2D eigenvalue weighted by atomic mass is 10.2. The summed E-state index contributed by atoms with van der Waals surface area (Å²) >= 11 is 5.88. The number of para-hydroxylation sites is 1. The summed E-state index contributed by atoms with van der Waals surface area (Å²) in [6.45, 7) is 0. The fourth-order valence-corrected chi connectivity index (χ4v) is 2.27. The van der Waals surface area contributed by atoms with Gasteiger partial charge in [0, 0.05) is 5.02 Å². The number of hydrogen-bond acceptors (Lipinski definition) is 5. The van der Waals surface area contributed by atoms with Crippen LogP contribution >= 0.6 is 11.6 Å². The van der Waals surface area contributed by atoms with Crippen LogP contribution in [0.2, 0.25) is 5.02 Å². The van der Waals surface area contributed by atoms with E-state index in [1.165, 1.54) is 30.7 Å². The van der Waals surface area contributed by atoms with Gasteiger partial charge in [-0.1, -0.05) is 23.7 Å². The monoisotopic (exact) mass is 342 g/mol. The average molecular weight is 343 g/mol. The number of halogens is 1. The molecular weight excluding hydrogens is 332 g/mol. The van der Waals surface area contributed by atoms with E-state index in [9.17, 15) is 14.7 Å². The molecule has 2 aromatic carbocycles. The second-order valence-corrected chi connectivity index (χ2v) is 5.31. The van der Waals surface area contributed by atoms with Crippen LogP contribution in [-0.2, 0) is 0 Å². The number of hydrogen-bond donors (Lipinski definition) is 2. The summed E-state index contributed by atoms with van der Waals surface area (Å²) in [4.78, 5) is 24.2. The third-order valence-electron chi connectivity index (χ3n) is 3.28. The van der Waals surface area contributed by atoms with Gasteiger partial charge in [-0.3, -0.25) is 9.59 Å². The first-order valence-corrected chi connectivity index (χ1v) is 7.26. The van der Waals surface area contributed by atoms with Gasteiger partial charge in [0.2, 0.25) is 5.43 Å². The van der Waals surface area contributed by atoms with Crippen molar-refractivity contribution < 1.29 is 14.3 Å². The molecule has 0 fully saturated rings. The van der Waals surface area contributed by atoms with E-state index in [2.05, 4.69) is 10.5 Å². The number of aromatic hydroxyl groups is 1. The number of carbonyl (C=O) groups is 1. The lowest BCUT2D eigenvalue weighted by molar-refractivity contribution is 0.0952. The molecule has 7 heteroatoms. The fraction of sp³-hybridized carbons (Fsp3) is 0. The number of nitrogens with zero attached hydrogens (tertiary/aromatic N) is 1. The molecule has 0 aliphatic heterocycles. The van der Waals surface area contributed by atoms with Crippen molar-refractivity contribution in [3.05, 3.63) is 75.1 Å². The Balaban J connectivity index is 1.84. The highest BCUT2D eigenvalue weighted by atomic mass is 35.5. The molecule has 24 heavy (non-hydrogen) atoms. The molecule has 120 valence electrons. The van der Waals surface area contributed by atoms with Crippen LogP contribution in [0.25, 0.3) is 11.0 Å². The summed E-state index contributed by atoms with van der Waals surface area (Å²) in [5.74, 6) is -0.761. The SMILES string of the molecule is O=C(N/N=C\c1coc2ccc(Cl)cc2c1=O)c1ccccc1O. The maximum atomic E-state index is 12.3. The molecule has 6 nitrogen and oxygen atoms in total. The fourth-order valence-electron chi connectivity index (χ4n) is 2.09. The largest absolute Gasteiger partial charge is 0.507 e. The number of amides is 1. The van der Waals surface area contributed by atoms with Crippen molar-refractivity contribution in [2.24, 2.45) is 5.10 Å². The van der Waals surface area contributed by atoms with Crippen molar-refractivity contribution >= 4 is 34.7 Å². The highest BCUT2D eigenvalue weighted by Crippen LogP contribution is 2.17. The normalized spacial score (nSPS) is 11.0. The van der Waals surface area contributed by atoms with Gasteiger partial charge in [-0.2, -0.15) is 5.10 Å². The predicted octanol–water partition coefficient (Wildman–Crippen LogP) is 2.92. The molecule has 1 amide bonds. The maximum Gasteiger partial charge on any atom is 0.275 e. The maximum absolute atomic E-state index is 12.3. The minimum atomic E-state index is -0.599. The third-order valence-corrected chi connectivity index (χ3v) is 3.51. The Labute approximate surface area is 141 Å². The van der Waals surface area contributed by atoms with Crippen molar-refractivity contribution in [2.45, 2.75) is 0 Å². The molecule has 0 saturated heterocycles. The van der Waals surface area contributed by atoms with Crippen LogP contribution in [0.3, 0.4) is 0 Å². The number of phenolic OH excluding ortho intramolecular Hbond substituents is 1. The smallest absolute Gasteiger partial charge is 0.275 e. The van der Waals surface area contributed by atoms with E-state index in [0.29, 0.717) is 16.0 Å². The van der Waals surface area contributed by atoms with E-state index in [4.69, 9.17) is 16.0 Å². The zero-order valence-electron chi connectivity index (χ0n) is 12.2. The van der Waals surface area contributed by atoms with Crippen molar-refractivity contribution in [3.8, 4) is 5.75 Å². The van der Waals surface area contributed by atoms with Crippen LogP contribution < -0.4 is 10.9 Å². The molecule has 3 aromatic rings. The van der Waals surface area contributed by atoms with Gasteiger partial charge in [0.1, 0.15) is 17.6 Å². The van der Waals surface area contributed by atoms with E-state index in [1.54, 1.807) is 24.3 Å². The van der Waals surface area contributed by atoms with Gasteiger partial charge in [-0.15, -0.1) is 0 Å². The van der Waals surface area contributed by atoms with Crippen molar-refractivity contribution in [1.82, 2.24) is 5.43 Å². The molecule has 0 spiro atoms. The molecule has 0 aliphatic rings. The Kier molecular flexibility index (Phi) is 4.31. The summed E-state index contributed by atoms with van der Waals surface area (Å²) in [5, 5.41) is 14.0. The number of hydrazone groups is 1. The molecule has 3 rings (SSSR count). The number of nitrogens with one attached hydrogen (secondary N) is 1. The molecular formula is C17H11ClN2O4. The standard InChI is InChI=1S/C17H11ClN2O4/c18-11-5-6-15-13(7-11)16(22)10(9-24-15)8-19-20-17(23)12-3-1-2-4-14(12)21/h1-9,21H,(H,20,23)/b19-8-. The second kappa shape index (κ2) is 6.55. The van der Waals surface area contributed by atoms with E-state index in [0.717, 1.165) is 0 Å². The van der Waals surface area contributed by atoms with Gasteiger partial charge in [0.15, 0.2) is 0 Å². The molecule has 0 saturated carbocycles. The Morgan fingerprint density at radius 1 is 1.25 bits per heavy atom. The summed E-state index contributed by atoms with van der Waals surface area (Å²) in [7, 11) is 0. The van der Waals surface area contributed by atoms with Crippen molar-refractivity contribution in [1.29, 1.82) is 0 Å². The quantitative estimate of drug-likeness (QED) is 0.565. The van der Waals surface area contributed by atoms with Gasteiger partial charge in [-0.05, 0) is 30.3 Å². The van der Waals surface area contributed by atoms with Gasteiger partial charge in [0.05, 0.1) is 22.7 Å². The summed E-state index contributed by atoms with van der Waals surface area (Å²) in [5.41, 5.74) is 2.55. The van der Waals surface area contributed by atoms with Crippen LogP contribution in [0.4, 0.5) is 0 Å². The minimum Gasteiger partial charge on any atom is -0.507 e. The van der Waals surface area contributed by atoms with Crippen molar-refractivity contribution in [3.63, 3.8) is 0 Å². The zero-order chi connectivity index (χ0) is 17.1. The Morgan fingerprint density at radius 2 is 2.04 bits per heavy atom. The molecule has 0 bridgehead atoms. The van der Waals surface area contributed by atoms with E-state index < -0.39 is 5.91 Å². The molecule has 0 aliphatic carbocycles. The topological polar surface area (TPSA) is 91.9 Å². The van der Waals surface area contributed by atoms with Gasteiger partial charge in [-0.25, -0.2) is 5.43 Å². The van der Waals surface area contributed by atoms with Crippen LogP contribution in [0, 0.1) is 0 Å². The molecule has 0 unspecified atom stereocenters. The first-order chi connectivity index (χ1) is 11.6. The lowest BCUT2D eigenvalue weighted by Gasteiger charge is -2.02. The molecule has 0 atom stereocenters. The summed E-state index contributed by atoms with van der Waals surface area (Å²) in [6, 6.07) is 10.8. The van der Waals surface area contributed by atoms with Crippen LogP contribution in [-0.4, -0.2) is 17.2 Å². The van der Waals surface area contributed by atoms with Gasteiger partial charge < -0.3 is 9.52 Å². The Hall–Kier alpha value is -3.12. The lowest BCUT2D eigenvalue weighted by Crippen LogP contribution is -2.18. The summed E-state index contributed by atoms with van der Waals surface area (Å²) in [6.07, 6.45) is 2.41. The average Bonchev–Trinajstić information content (AvgIpc) is 2.57. The Morgan fingerprint density at radius 3 is 2.83 bits per heavy atom. The third kappa shape index (κ3) is 3.13. The molecule has 0 radical (unpaired) electrons. The van der Waals surface area contributed by atoms with E-state index in [-0.39, 0.29) is 22.3 Å². The number of benzene rings is 2. The first-order valence-electron chi connectivity index (χ1n) is 6.89. The number of fused-ring (bicyclic) bond motifs is 1. The first kappa shape index (κ1) is 15.8. The molecule has 2 N–H and O–H groups in total. The molecule has 1 aromatic heterocycles. The van der Waals surface area contributed by atoms with Crippen LogP contribution in [0.15, 0.2) is 63.0 Å². The number of phenols is 1. The second-order valence-electron chi connectivity index (χ2n) is 4.88. The molecule has 1 heterocycles. The van der Waals surface area contributed by atoms with Gasteiger partial charge >= 0.3 is 0 Å². The number of rotatable bonds is 3. The zero-order valence-corrected chi connectivity index (χ0v) is 12.9. The predicted molar refractivity (Wildman–Crippen MR) is 90.7 cm³/mol. The minimum absolute atomic E-state index is 0.0759. The Bertz CT molecular complexity index is 1010. The van der Waals surface area contributed by atoms with Crippen molar-refractivity contribution in [2.75, 3.05) is 0 Å². The van der Waals surface area contributed by atoms with Crippen LogP contribution in [0.1, 0.15) is 15.9 Å². The highest BCUT2D eigenvalue weighted by molar-refractivity contribution is 6.31. The van der Waals surface area contributed by atoms with E-state index >= 15 is 0 Å². The highest BCUT2D eigenvalue weighted by Gasteiger charge is 2.09. The van der Waals surface area contributed by atoms with Gasteiger partial charge in [0.25, 0.3) is 5.91 Å². The van der Waals surface area contributed by atoms with Crippen LogP contribution in [0.5, 0.6) is 5.75 Å². The van der Waals surface area contributed by atoms with E-state index in [1.807, 2.05) is 0 Å².